The lowest BCUT2D eigenvalue weighted by atomic mass is 9.99. The standard InChI is InChI=1S/C14H22N2O3S/c1-9-6-12(7-13(15)11(9)3)20(18,19)16-5-4-14(17)10(2)8-16/h6-7,10,14,17H,4-5,8,15H2,1-3H3. The van der Waals surface area contributed by atoms with E-state index in [1.807, 2.05) is 20.8 Å². The molecule has 1 heterocycles. The molecule has 5 nitrogen and oxygen atoms in total. The first-order chi connectivity index (χ1) is 9.23. The van der Waals surface area contributed by atoms with Crippen molar-refractivity contribution < 1.29 is 13.5 Å². The van der Waals surface area contributed by atoms with Crippen LogP contribution in [-0.4, -0.2) is 37.0 Å². The number of hydrogen-bond acceptors (Lipinski definition) is 4. The maximum atomic E-state index is 12.6. The second-order valence-corrected chi connectivity index (χ2v) is 7.59. The Balaban J connectivity index is 2.36. The Kier molecular flexibility index (Phi) is 4.09. The van der Waals surface area contributed by atoms with Crippen LogP contribution >= 0.6 is 0 Å². The van der Waals surface area contributed by atoms with E-state index in [1.54, 1.807) is 6.07 Å². The van der Waals surface area contributed by atoms with Crippen molar-refractivity contribution in [3.05, 3.63) is 23.3 Å². The van der Waals surface area contributed by atoms with Crippen LogP contribution in [0.4, 0.5) is 5.69 Å². The first-order valence-corrected chi connectivity index (χ1v) is 8.22. The van der Waals surface area contributed by atoms with Gasteiger partial charge in [0.1, 0.15) is 0 Å². The number of piperidine rings is 1. The minimum Gasteiger partial charge on any atom is -0.398 e. The Morgan fingerprint density at radius 2 is 2.00 bits per heavy atom. The van der Waals surface area contributed by atoms with Gasteiger partial charge in [-0.2, -0.15) is 4.31 Å². The van der Waals surface area contributed by atoms with Gasteiger partial charge in [0.25, 0.3) is 0 Å². The number of hydrogen-bond donors (Lipinski definition) is 2. The van der Waals surface area contributed by atoms with Crippen molar-refractivity contribution in [3.63, 3.8) is 0 Å². The van der Waals surface area contributed by atoms with Crippen molar-refractivity contribution in [1.82, 2.24) is 4.31 Å². The highest BCUT2D eigenvalue weighted by molar-refractivity contribution is 7.89. The number of rotatable bonds is 2. The number of nitrogens with two attached hydrogens (primary N) is 1. The van der Waals surface area contributed by atoms with Crippen molar-refractivity contribution in [1.29, 1.82) is 0 Å². The van der Waals surface area contributed by atoms with Crippen LogP contribution < -0.4 is 5.73 Å². The van der Waals surface area contributed by atoms with Crippen LogP contribution in [0.25, 0.3) is 0 Å². The third kappa shape index (κ3) is 2.68. The SMILES string of the molecule is Cc1cc(S(=O)(=O)N2CCC(O)C(C)C2)cc(N)c1C. The van der Waals surface area contributed by atoms with E-state index < -0.39 is 16.1 Å². The molecule has 0 spiro atoms. The molecule has 0 aromatic heterocycles. The summed E-state index contributed by atoms with van der Waals surface area (Å²) in [7, 11) is -3.54. The van der Waals surface area contributed by atoms with Gasteiger partial charge in [-0.15, -0.1) is 0 Å². The molecular formula is C14H22N2O3S. The van der Waals surface area contributed by atoms with E-state index in [0.717, 1.165) is 11.1 Å². The van der Waals surface area contributed by atoms with Crippen molar-refractivity contribution in [3.8, 4) is 0 Å². The quantitative estimate of drug-likeness (QED) is 0.806. The normalized spacial score (nSPS) is 24.8. The topological polar surface area (TPSA) is 83.6 Å². The molecule has 2 unspecified atom stereocenters. The van der Waals surface area contributed by atoms with E-state index in [-0.39, 0.29) is 10.8 Å². The molecule has 1 aliphatic heterocycles. The van der Waals surface area contributed by atoms with Crippen molar-refractivity contribution >= 4 is 15.7 Å². The predicted molar refractivity (Wildman–Crippen MR) is 78.9 cm³/mol. The Hall–Kier alpha value is -1.11. The average Bonchev–Trinajstić information content (AvgIpc) is 2.38. The Morgan fingerprint density at radius 1 is 1.35 bits per heavy atom. The molecule has 1 fully saturated rings. The van der Waals surface area contributed by atoms with Gasteiger partial charge in [0, 0.05) is 18.8 Å². The number of benzene rings is 1. The highest BCUT2D eigenvalue weighted by Crippen LogP contribution is 2.27. The third-order valence-electron chi connectivity index (χ3n) is 4.14. The third-order valence-corrected chi connectivity index (χ3v) is 5.98. The van der Waals surface area contributed by atoms with E-state index in [9.17, 15) is 13.5 Å². The van der Waals surface area contributed by atoms with Crippen molar-refractivity contribution in [2.45, 2.75) is 38.2 Å². The van der Waals surface area contributed by atoms with Crippen LogP contribution in [0, 0.1) is 19.8 Å². The van der Waals surface area contributed by atoms with Crippen molar-refractivity contribution in [2.75, 3.05) is 18.8 Å². The zero-order chi connectivity index (χ0) is 15.1. The maximum Gasteiger partial charge on any atom is 0.243 e. The molecule has 3 N–H and O–H groups in total. The van der Waals surface area contributed by atoms with Crippen LogP contribution in [0.15, 0.2) is 17.0 Å². The number of nitrogen functional groups attached to an aromatic ring is 1. The molecule has 2 atom stereocenters. The average molecular weight is 298 g/mol. The number of aliphatic hydroxyl groups excluding tert-OH is 1. The van der Waals surface area contributed by atoms with Gasteiger partial charge in [-0.25, -0.2) is 8.42 Å². The molecule has 0 aliphatic carbocycles. The minimum absolute atomic E-state index is 0.0533. The van der Waals surface area contributed by atoms with Gasteiger partial charge in [0.2, 0.25) is 10.0 Å². The minimum atomic E-state index is -3.54. The summed E-state index contributed by atoms with van der Waals surface area (Å²) in [5.41, 5.74) is 8.15. The lowest BCUT2D eigenvalue weighted by Crippen LogP contribution is -2.44. The summed E-state index contributed by atoms with van der Waals surface area (Å²) >= 11 is 0. The Morgan fingerprint density at radius 3 is 2.55 bits per heavy atom. The van der Waals surface area contributed by atoms with Crippen LogP contribution in [-0.2, 0) is 10.0 Å². The van der Waals surface area contributed by atoms with Gasteiger partial charge in [0.15, 0.2) is 0 Å². The highest BCUT2D eigenvalue weighted by atomic mass is 32.2. The molecule has 0 radical (unpaired) electrons. The molecule has 112 valence electrons. The van der Waals surface area contributed by atoms with Gasteiger partial charge in [-0.3, -0.25) is 0 Å². The highest BCUT2D eigenvalue weighted by Gasteiger charge is 2.32. The van der Waals surface area contributed by atoms with Gasteiger partial charge in [-0.1, -0.05) is 6.92 Å². The first-order valence-electron chi connectivity index (χ1n) is 6.78. The van der Waals surface area contributed by atoms with E-state index in [0.29, 0.717) is 25.2 Å². The Bertz CT molecular complexity index is 590. The number of sulfonamides is 1. The van der Waals surface area contributed by atoms with E-state index in [2.05, 4.69) is 0 Å². The summed E-state index contributed by atoms with van der Waals surface area (Å²) < 4.78 is 26.7. The second-order valence-electron chi connectivity index (χ2n) is 5.65. The zero-order valence-corrected chi connectivity index (χ0v) is 12.9. The molecule has 0 amide bonds. The molecule has 20 heavy (non-hydrogen) atoms. The Labute approximate surface area is 120 Å². The largest absolute Gasteiger partial charge is 0.398 e. The summed E-state index contributed by atoms with van der Waals surface area (Å²) in [5.74, 6) is -0.0533. The zero-order valence-electron chi connectivity index (χ0n) is 12.1. The molecule has 6 heteroatoms. The lowest BCUT2D eigenvalue weighted by Gasteiger charge is -2.33. The summed E-state index contributed by atoms with van der Waals surface area (Å²) in [5, 5.41) is 9.71. The van der Waals surface area contributed by atoms with Crippen molar-refractivity contribution in [2.24, 2.45) is 5.92 Å². The second kappa shape index (κ2) is 5.35. The van der Waals surface area contributed by atoms with Gasteiger partial charge in [-0.05, 0) is 49.4 Å². The molecule has 2 rings (SSSR count). The summed E-state index contributed by atoms with van der Waals surface area (Å²) in [4.78, 5) is 0.238. The smallest absolute Gasteiger partial charge is 0.243 e. The molecule has 1 aromatic carbocycles. The lowest BCUT2D eigenvalue weighted by molar-refractivity contribution is 0.0628. The van der Waals surface area contributed by atoms with Crippen LogP contribution in [0.2, 0.25) is 0 Å². The number of nitrogens with zero attached hydrogens (tertiary/aromatic N) is 1. The molecule has 1 aromatic rings. The molecule has 1 saturated heterocycles. The van der Waals surface area contributed by atoms with E-state index in [4.69, 9.17) is 5.73 Å². The summed E-state index contributed by atoms with van der Waals surface area (Å²) in [6, 6.07) is 3.18. The van der Waals surface area contributed by atoms with Gasteiger partial charge >= 0.3 is 0 Å². The molecule has 0 bridgehead atoms. The fourth-order valence-electron chi connectivity index (χ4n) is 2.46. The number of aryl methyl sites for hydroxylation is 1. The fourth-order valence-corrected chi connectivity index (χ4v) is 4.14. The summed E-state index contributed by atoms with van der Waals surface area (Å²) in [6.45, 7) is 6.28. The van der Waals surface area contributed by atoms with Crippen LogP contribution in [0.5, 0.6) is 0 Å². The predicted octanol–water partition coefficient (Wildman–Crippen LogP) is 1.28. The number of anilines is 1. The van der Waals surface area contributed by atoms with Crippen LogP contribution in [0.3, 0.4) is 0 Å². The van der Waals surface area contributed by atoms with Gasteiger partial charge in [0.05, 0.1) is 11.0 Å². The van der Waals surface area contributed by atoms with Gasteiger partial charge < -0.3 is 10.8 Å². The maximum absolute atomic E-state index is 12.6. The molecular weight excluding hydrogens is 276 g/mol. The fraction of sp³-hybridized carbons (Fsp3) is 0.571. The molecule has 0 saturated carbocycles. The number of aliphatic hydroxyl groups is 1. The molecule has 1 aliphatic rings. The first kappa shape index (κ1) is 15.3. The van der Waals surface area contributed by atoms with Crippen LogP contribution in [0.1, 0.15) is 24.5 Å². The monoisotopic (exact) mass is 298 g/mol. The van der Waals surface area contributed by atoms with E-state index in [1.165, 1.54) is 10.4 Å². The van der Waals surface area contributed by atoms with E-state index >= 15 is 0 Å². The summed E-state index contributed by atoms with van der Waals surface area (Å²) in [6.07, 6.45) is 0.0482.